The lowest BCUT2D eigenvalue weighted by atomic mass is 9.55. The lowest BCUT2D eigenvalue weighted by Crippen LogP contribution is -2.46. The SMILES string of the molecule is C=CC1CC(COC(=O)C(C)CC)C1(C)C. The standard InChI is InChI=1S/C14H24O2/c1-6-10(3)13(15)16-9-12-8-11(7-2)14(12,4)5/h7,10-12H,2,6,8-9H2,1,3-5H3. The summed E-state index contributed by atoms with van der Waals surface area (Å²) >= 11 is 0. The minimum absolute atomic E-state index is 0.0263. The van der Waals surface area contributed by atoms with Crippen LogP contribution in [0.5, 0.6) is 0 Å². The highest BCUT2D eigenvalue weighted by atomic mass is 16.5. The van der Waals surface area contributed by atoms with Crippen LogP contribution in [0, 0.1) is 23.2 Å². The number of rotatable bonds is 5. The molecule has 92 valence electrons. The van der Waals surface area contributed by atoms with Gasteiger partial charge in [-0.3, -0.25) is 4.79 Å². The quantitative estimate of drug-likeness (QED) is 0.528. The number of carbonyl (C=O) groups is 1. The van der Waals surface area contributed by atoms with Crippen LogP contribution in [0.25, 0.3) is 0 Å². The van der Waals surface area contributed by atoms with E-state index in [1.165, 1.54) is 0 Å². The van der Waals surface area contributed by atoms with Crippen LogP contribution in [0.15, 0.2) is 12.7 Å². The van der Waals surface area contributed by atoms with Crippen molar-refractivity contribution in [2.45, 2.75) is 40.5 Å². The zero-order valence-electron chi connectivity index (χ0n) is 11.0. The van der Waals surface area contributed by atoms with Crippen molar-refractivity contribution in [2.24, 2.45) is 23.2 Å². The largest absolute Gasteiger partial charge is 0.465 e. The van der Waals surface area contributed by atoms with Crippen LogP contribution in [0.4, 0.5) is 0 Å². The van der Waals surface area contributed by atoms with Crippen LogP contribution in [0.2, 0.25) is 0 Å². The predicted molar refractivity (Wildman–Crippen MR) is 66.0 cm³/mol. The summed E-state index contributed by atoms with van der Waals surface area (Å²) in [7, 11) is 0. The number of ether oxygens (including phenoxy) is 1. The van der Waals surface area contributed by atoms with Gasteiger partial charge >= 0.3 is 5.97 Å². The van der Waals surface area contributed by atoms with Crippen LogP contribution in [-0.4, -0.2) is 12.6 Å². The van der Waals surface area contributed by atoms with Crippen molar-refractivity contribution >= 4 is 5.97 Å². The van der Waals surface area contributed by atoms with Crippen molar-refractivity contribution < 1.29 is 9.53 Å². The topological polar surface area (TPSA) is 26.3 Å². The van der Waals surface area contributed by atoms with Crippen LogP contribution < -0.4 is 0 Å². The first-order valence-corrected chi connectivity index (χ1v) is 6.22. The molecular weight excluding hydrogens is 200 g/mol. The number of esters is 1. The van der Waals surface area contributed by atoms with Gasteiger partial charge in [-0.15, -0.1) is 6.58 Å². The van der Waals surface area contributed by atoms with Crippen LogP contribution in [0.1, 0.15) is 40.5 Å². The van der Waals surface area contributed by atoms with Gasteiger partial charge in [-0.1, -0.05) is 33.8 Å². The second-order valence-corrected chi connectivity index (χ2v) is 5.54. The van der Waals surface area contributed by atoms with Gasteiger partial charge in [0.25, 0.3) is 0 Å². The Morgan fingerprint density at radius 1 is 1.62 bits per heavy atom. The molecule has 3 unspecified atom stereocenters. The fraction of sp³-hybridized carbons (Fsp3) is 0.786. The molecule has 0 aromatic carbocycles. The summed E-state index contributed by atoms with van der Waals surface area (Å²) in [6, 6.07) is 0. The minimum Gasteiger partial charge on any atom is -0.465 e. The van der Waals surface area contributed by atoms with E-state index in [1.54, 1.807) is 0 Å². The molecule has 0 spiro atoms. The Kier molecular flexibility index (Phi) is 4.17. The maximum atomic E-state index is 11.5. The van der Waals surface area contributed by atoms with Crippen LogP contribution in [0.3, 0.4) is 0 Å². The first-order chi connectivity index (χ1) is 7.43. The highest BCUT2D eigenvalue weighted by molar-refractivity contribution is 5.71. The Morgan fingerprint density at radius 3 is 2.69 bits per heavy atom. The second kappa shape index (κ2) is 5.03. The maximum Gasteiger partial charge on any atom is 0.308 e. The summed E-state index contributed by atoms with van der Waals surface area (Å²) in [5.41, 5.74) is 0.234. The van der Waals surface area contributed by atoms with Crippen molar-refractivity contribution in [1.82, 2.24) is 0 Å². The lowest BCUT2D eigenvalue weighted by Gasteiger charge is -2.50. The molecule has 0 saturated heterocycles. The maximum absolute atomic E-state index is 11.5. The minimum atomic E-state index is -0.0552. The van der Waals surface area contributed by atoms with Gasteiger partial charge in [0, 0.05) is 0 Å². The molecule has 0 aliphatic heterocycles. The molecule has 1 fully saturated rings. The Hall–Kier alpha value is -0.790. The Bertz CT molecular complexity index is 268. The first kappa shape index (κ1) is 13.3. The molecule has 0 N–H and O–H groups in total. The third-order valence-electron chi connectivity index (χ3n) is 4.27. The van der Waals surface area contributed by atoms with Gasteiger partial charge in [-0.25, -0.2) is 0 Å². The lowest BCUT2D eigenvalue weighted by molar-refractivity contribution is -0.154. The van der Waals surface area contributed by atoms with E-state index in [1.807, 2.05) is 19.9 Å². The van der Waals surface area contributed by atoms with Crippen LogP contribution in [-0.2, 0) is 9.53 Å². The average Bonchev–Trinajstić information content (AvgIpc) is 2.26. The number of allylic oxidation sites excluding steroid dienone is 1. The third-order valence-corrected chi connectivity index (χ3v) is 4.27. The molecule has 0 aromatic heterocycles. The van der Waals surface area contributed by atoms with E-state index in [-0.39, 0.29) is 17.3 Å². The molecule has 3 atom stereocenters. The van der Waals surface area contributed by atoms with Crippen molar-refractivity contribution in [2.75, 3.05) is 6.61 Å². The monoisotopic (exact) mass is 224 g/mol. The molecule has 0 radical (unpaired) electrons. The van der Waals surface area contributed by atoms with Gasteiger partial charge in [-0.05, 0) is 30.1 Å². The molecule has 2 nitrogen and oxygen atoms in total. The Labute approximate surface area is 99.1 Å². The van der Waals surface area contributed by atoms with Crippen LogP contribution >= 0.6 is 0 Å². The number of hydrogen-bond donors (Lipinski definition) is 0. The molecule has 1 aliphatic carbocycles. The molecule has 0 amide bonds. The van der Waals surface area contributed by atoms with Gasteiger partial charge < -0.3 is 4.74 Å². The zero-order valence-corrected chi connectivity index (χ0v) is 11.0. The van der Waals surface area contributed by atoms with E-state index < -0.39 is 0 Å². The van der Waals surface area contributed by atoms with E-state index in [4.69, 9.17) is 4.74 Å². The summed E-state index contributed by atoms with van der Waals surface area (Å²) in [5, 5.41) is 0. The summed E-state index contributed by atoms with van der Waals surface area (Å²) in [6.45, 7) is 12.8. The van der Waals surface area contributed by atoms with Gasteiger partial charge in [0.15, 0.2) is 0 Å². The molecule has 0 heterocycles. The highest BCUT2D eigenvalue weighted by Crippen LogP contribution is 2.51. The van der Waals surface area contributed by atoms with Gasteiger partial charge in [0.1, 0.15) is 0 Å². The second-order valence-electron chi connectivity index (χ2n) is 5.54. The Balaban J connectivity index is 2.36. The van der Waals surface area contributed by atoms with Crippen molar-refractivity contribution in [3.63, 3.8) is 0 Å². The summed E-state index contributed by atoms with van der Waals surface area (Å²) in [6.07, 6.45) is 3.97. The third kappa shape index (κ3) is 2.47. The van der Waals surface area contributed by atoms with Crippen molar-refractivity contribution in [1.29, 1.82) is 0 Å². The Morgan fingerprint density at radius 2 is 2.25 bits per heavy atom. The van der Waals surface area contributed by atoms with Gasteiger partial charge in [-0.2, -0.15) is 0 Å². The zero-order chi connectivity index (χ0) is 12.3. The van der Waals surface area contributed by atoms with Crippen molar-refractivity contribution in [3.8, 4) is 0 Å². The van der Waals surface area contributed by atoms with E-state index in [0.717, 1.165) is 12.8 Å². The van der Waals surface area contributed by atoms with Gasteiger partial charge in [0.2, 0.25) is 0 Å². The molecule has 16 heavy (non-hydrogen) atoms. The molecule has 1 rings (SSSR count). The molecule has 0 aromatic rings. The molecule has 2 heteroatoms. The normalized spacial score (nSPS) is 29.0. The predicted octanol–water partition coefficient (Wildman–Crippen LogP) is 3.42. The molecule has 1 aliphatic rings. The van der Waals surface area contributed by atoms with Crippen molar-refractivity contribution in [3.05, 3.63) is 12.7 Å². The molecule has 1 saturated carbocycles. The van der Waals surface area contributed by atoms with Gasteiger partial charge in [0.05, 0.1) is 12.5 Å². The summed E-state index contributed by atoms with van der Waals surface area (Å²) in [4.78, 5) is 11.5. The number of carbonyl (C=O) groups excluding carboxylic acids is 1. The highest BCUT2D eigenvalue weighted by Gasteiger charge is 2.46. The summed E-state index contributed by atoms with van der Waals surface area (Å²) < 4.78 is 5.35. The molecule has 0 bridgehead atoms. The fourth-order valence-electron chi connectivity index (χ4n) is 2.23. The van der Waals surface area contributed by atoms with E-state index in [0.29, 0.717) is 18.4 Å². The van der Waals surface area contributed by atoms with E-state index in [2.05, 4.69) is 20.4 Å². The summed E-state index contributed by atoms with van der Waals surface area (Å²) in [5.74, 6) is 1.03. The smallest absolute Gasteiger partial charge is 0.308 e. The average molecular weight is 224 g/mol. The van der Waals surface area contributed by atoms with E-state index in [9.17, 15) is 4.79 Å². The fourth-order valence-corrected chi connectivity index (χ4v) is 2.23. The molecular formula is C14H24O2. The number of hydrogen-bond acceptors (Lipinski definition) is 2. The van der Waals surface area contributed by atoms with E-state index >= 15 is 0 Å². The first-order valence-electron chi connectivity index (χ1n) is 6.22.